The molecule has 0 radical (unpaired) electrons. The van der Waals surface area contributed by atoms with Crippen molar-refractivity contribution in [2.75, 3.05) is 0 Å². The van der Waals surface area contributed by atoms with Crippen molar-refractivity contribution in [2.24, 2.45) is 0 Å². The number of aromatic nitrogens is 3. The lowest BCUT2D eigenvalue weighted by atomic mass is 10.1. The number of nitrogens with zero attached hydrogens (tertiary/aromatic N) is 3. The van der Waals surface area contributed by atoms with Gasteiger partial charge in [0.15, 0.2) is 0 Å². The zero-order valence-electron chi connectivity index (χ0n) is 9.95. The van der Waals surface area contributed by atoms with Crippen LogP contribution in [-0.2, 0) is 0 Å². The number of thiazole rings is 1. The van der Waals surface area contributed by atoms with Gasteiger partial charge in [-0.2, -0.15) is 0 Å². The van der Waals surface area contributed by atoms with Crippen LogP contribution in [-0.4, -0.2) is 15.0 Å². The molecule has 2 aromatic carbocycles. The number of fused-ring (bicyclic) bond motifs is 2. The van der Waals surface area contributed by atoms with Crippen molar-refractivity contribution in [1.82, 2.24) is 15.0 Å². The summed E-state index contributed by atoms with van der Waals surface area (Å²) in [6, 6.07) is 14.0. The Balaban J connectivity index is 2.01. The lowest BCUT2D eigenvalue weighted by Gasteiger charge is -2.03. The molecule has 0 atom stereocenters. The van der Waals surface area contributed by atoms with Gasteiger partial charge in [-0.3, -0.25) is 4.98 Å². The van der Waals surface area contributed by atoms with E-state index in [2.05, 4.69) is 21.0 Å². The third kappa shape index (κ3) is 1.69. The molecule has 0 saturated heterocycles. The average Bonchev–Trinajstić information content (AvgIpc) is 2.95. The van der Waals surface area contributed by atoms with Crippen LogP contribution in [0, 0.1) is 0 Å². The van der Waals surface area contributed by atoms with E-state index >= 15 is 0 Å². The minimum absolute atomic E-state index is 0.871. The van der Waals surface area contributed by atoms with Crippen LogP contribution in [0.3, 0.4) is 0 Å². The Morgan fingerprint density at radius 1 is 0.842 bits per heavy atom. The molecule has 4 rings (SSSR count). The van der Waals surface area contributed by atoms with E-state index in [1.54, 1.807) is 11.3 Å². The first kappa shape index (κ1) is 10.6. The SMILES string of the molecule is c1ccc2nc(-c3cccc4scnc34)cnc2c1. The zero-order chi connectivity index (χ0) is 12.7. The minimum atomic E-state index is 0.871. The first-order valence-corrected chi connectivity index (χ1v) is 6.84. The summed E-state index contributed by atoms with van der Waals surface area (Å²) in [5, 5.41) is 0. The highest BCUT2D eigenvalue weighted by atomic mass is 32.1. The van der Waals surface area contributed by atoms with Gasteiger partial charge in [-0.1, -0.05) is 24.3 Å². The first-order valence-electron chi connectivity index (χ1n) is 5.96. The van der Waals surface area contributed by atoms with Crippen LogP contribution in [0.5, 0.6) is 0 Å². The molecule has 90 valence electrons. The molecule has 0 fully saturated rings. The lowest BCUT2D eigenvalue weighted by molar-refractivity contribution is 1.29. The van der Waals surface area contributed by atoms with Gasteiger partial charge >= 0.3 is 0 Å². The lowest BCUT2D eigenvalue weighted by Crippen LogP contribution is -1.89. The highest BCUT2D eigenvalue weighted by Gasteiger charge is 2.08. The fourth-order valence-corrected chi connectivity index (χ4v) is 2.88. The summed E-state index contributed by atoms with van der Waals surface area (Å²) >= 11 is 1.64. The van der Waals surface area contributed by atoms with Crippen LogP contribution in [0.1, 0.15) is 0 Å². The van der Waals surface area contributed by atoms with Crippen molar-refractivity contribution in [3.8, 4) is 11.3 Å². The predicted octanol–water partition coefficient (Wildman–Crippen LogP) is 3.91. The van der Waals surface area contributed by atoms with Crippen LogP contribution in [0.4, 0.5) is 0 Å². The van der Waals surface area contributed by atoms with E-state index in [-0.39, 0.29) is 0 Å². The van der Waals surface area contributed by atoms with Gasteiger partial charge in [0.05, 0.1) is 38.7 Å². The number of hydrogen-bond acceptors (Lipinski definition) is 4. The summed E-state index contributed by atoms with van der Waals surface area (Å²) in [5.74, 6) is 0. The summed E-state index contributed by atoms with van der Waals surface area (Å²) in [7, 11) is 0. The Morgan fingerprint density at radius 2 is 1.74 bits per heavy atom. The minimum Gasteiger partial charge on any atom is -0.252 e. The van der Waals surface area contributed by atoms with Gasteiger partial charge in [-0.25, -0.2) is 9.97 Å². The summed E-state index contributed by atoms with van der Waals surface area (Å²) in [4.78, 5) is 13.6. The molecular formula is C15H9N3S. The van der Waals surface area contributed by atoms with Crippen LogP contribution < -0.4 is 0 Å². The smallest absolute Gasteiger partial charge is 0.0915 e. The molecule has 0 unspecified atom stereocenters. The molecule has 0 N–H and O–H groups in total. The third-order valence-corrected chi connectivity index (χ3v) is 3.88. The van der Waals surface area contributed by atoms with Gasteiger partial charge in [-0.05, 0) is 18.2 Å². The number of rotatable bonds is 1. The Labute approximate surface area is 113 Å². The molecule has 4 heteroatoms. The van der Waals surface area contributed by atoms with Crippen LogP contribution in [0.15, 0.2) is 54.2 Å². The van der Waals surface area contributed by atoms with Crippen molar-refractivity contribution >= 4 is 32.6 Å². The third-order valence-electron chi connectivity index (χ3n) is 3.08. The van der Waals surface area contributed by atoms with E-state index < -0.39 is 0 Å². The van der Waals surface area contributed by atoms with Crippen molar-refractivity contribution < 1.29 is 0 Å². The van der Waals surface area contributed by atoms with Crippen LogP contribution >= 0.6 is 11.3 Å². The highest BCUT2D eigenvalue weighted by Crippen LogP contribution is 2.28. The molecule has 0 aliphatic carbocycles. The number of benzene rings is 2. The maximum atomic E-state index is 4.68. The molecule has 0 spiro atoms. The van der Waals surface area contributed by atoms with Crippen LogP contribution in [0.25, 0.3) is 32.5 Å². The van der Waals surface area contributed by atoms with E-state index in [1.165, 1.54) is 4.70 Å². The largest absolute Gasteiger partial charge is 0.252 e. The molecule has 2 aromatic heterocycles. The van der Waals surface area contributed by atoms with Gasteiger partial charge in [0, 0.05) is 5.56 Å². The molecular weight excluding hydrogens is 254 g/mol. The number of para-hydroxylation sites is 3. The van der Waals surface area contributed by atoms with Crippen molar-refractivity contribution in [2.45, 2.75) is 0 Å². The van der Waals surface area contributed by atoms with Crippen molar-refractivity contribution in [1.29, 1.82) is 0 Å². The van der Waals surface area contributed by atoms with Gasteiger partial charge in [0.1, 0.15) is 0 Å². The van der Waals surface area contributed by atoms with Gasteiger partial charge in [0.25, 0.3) is 0 Å². The summed E-state index contributed by atoms with van der Waals surface area (Å²) < 4.78 is 1.17. The second kappa shape index (κ2) is 4.10. The average molecular weight is 263 g/mol. The monoisotopic (exact) mass is 263 g/mol. The van der Waals surface area contributed by atoms with Crippen LogP contribution in [0.2, 0.25) is 0 Å². The molecule has 0 saturated carbocycles. The quantitative estimate of drug-likeness (QED) is 0.522. The molecule has 0 bridgehead atoms. The van der Waals surface area contributed by atoms with Crippen molar-refractivity contribution in [3.63, 3.8) is 0 Å². The second-order valence-corrected chi connectivity index (χ2v) is 5.13. The Bertz CT molecular complexity index is 882. The van der Waals surface area contributed by atoms with E-state index in [9.17, 15) is 0 Å². The van der Waals surface area contributed by atoms with E-state index in [0.717, 1.165) is 27.8 Å². The highest BCUT2D eigenvalue weighted by molar-refractivity contribution is 7.16. The summed E-state index contributed by atoms with van der Waals surface area (Å²) in [6.45, 7) is 0. The predicted molar refractivity (Wildman–Crippen MR) is 78.2 cm³/mol. The molecule has 3 nitrogen and oxygen atoms in total. The Morgan fingerprint density at radius 3 is 2.68 bits per heavy atom. The van der Waals surface area contributed by atoms with Gasteiger partial charge in [0.2, 0.25) is 0 Å². The first-order chi connectivity index (χ1) is 9.42. The van der Waals surface area contributed by atoms with Gasteiger partial charge in [-0.15, -0.1) is 11.3 Å². The molecule has 0 aliphatic heterocycles. The normalized spacial score (nSPS) is 11.2. The maximum Gasteiger partial charge on any atom is 0.0915 e. The molecule has 19 heavy (non-hydrogen) atoms. The number of hydrogen-bond donors (Lipinski definition) is 0. The Hall–Kier alpha value is -2.33. The zero-order valence-corrected chi connectivity index (χ0v) is 10.8. The van der Waals surface area contributed by atoms with E-state index in [1.807, 2.05) is 48.1 Å². The molecule has 0 amide bonds. The fourth-order valence-electron chi connectivity index (χ4n) is 2.18. The summed E-state index contributed by atoms with van der Waals surface area (Å²) in [5.41, 5.74) is 6.59. The van der Waals surface area contributed by atoms with Crippen molar-refractivity contribution in [3.05, 3.63) is 54.2 Å². The fraction of sp³-hybridized carbons (Fsp3) is 0. The molecule has 4 aromatic rings. The maximum absolute atomic E-state index is 4.68. The van der Waals surface area contributed by atoms with E-state index in [0.29, 0.717) is 0 Å². The summed E-state index contributed by atoms with van der Waals surface area (Å²) in [6.07, 6.45) is 1.82. The molecule has 0 aliphatic rings. The second-order valence-electron chi connectivity index (χ2n) is 4.25. The standard InChI is InChI=1S/C15H9N3S/c1-2-6-12-11(5-1)16-8-13(18-12)10-4-3-7-14-15(10)17-9-19-14/h1-9H. The van der Waals surface area contributed by atoms with Gasteiger partial charge < -0.3 is 0 Å². The molecule has 2 heterocycles. The Kier molecular flexibility index (Phi) is 2.28. The van der Waals surface area contributed by atoms with E-state index in [4.69, 9.17) is 0 Å². The topological polar surface area (TPSA) is 38.7 Å².